The van der Waals surface area contributed by atoms with E-state index in [-0.39, 0.29) is 11.8 Å². The number of pyridine rings is 1. The zero-order chi connectivity index (χ0) is 19.4. The maximum absolute atomic E-state index is 12.6. The van der Waals surface area contributed by atoms with Crippen LogP contribution in [0.3, 0.4) is 0 Å². The summed E-state index contributed by atoms with van der Waals surface area (Å²) in [5.41, 5.74) is 5.25. The number of hydrogen-bond donors (Lipinski definition) is 2. The van der Waals surface area contributed by atoms with Crippen molar-refractivity contribution in [2.45, 2.75) is 20.8 Å². The minimum atomic E-state index is -0.311. The van der Waals surface area contributed by atoms with Crippen LogP contribution in [0.5, 0.6) is 0 Å². The van der Waals surface area contributed by atoms with Gasteiger partial charge in [0, 0.05) is 23.8 Å². The molecule has 2 aromatic carbocycles. The number of rotatable bonds is 4. The number of carbonyl (C=O) groups excluding carboxylic acids is 2. The van der Waals surface area contributed by atoms with Crippen molar-refractivity contribution >= 4 is 23.2 Å². The highest BCUT2D eigenvalue weighted by atomic mass is 16.2. The van der Waals surface area contributed by atoms with E-state index in [2.05, 4.69) is 15.6 Å². The monoisotopic (exact) mass is 359 g/mol. The van der Waals surface area contributed by atoms with Gasteiger partial charge < -0.3 is 10.6 Å². The van der Waals surface area contributed by atoms with E-state index in [1.165, 1.54) is 12.4 Å². The molecule has 3 rings (SSSR count). The molecule has 0 aliphatic rings. The van der Waals surface area contributed by atoms with Gasteiger partial charge in [0.25, 0.3) is 11.8 Å². The van der Waals surface area contributed by atoms with Crippen molar-refractivity contribution in [3.05, 3.63) is 88.7 Å². The predicted octanol–water partition coefficient (Wildman–Crippen LogP) is 4.51. The van der Waals surface area contributed by atoms with Crippen LogP contribution in [0.2, 0.25) is 0 Å². The maximum Gasteiger partial charge on any atom is 0.257 e. The topological polar surface area (TPSA) is 71.1 Å². The molecule has 0 aliphatic carbocycles. The zero-order valence-corrected chi connectivity index (χ0v) is 15.5. The van der Waals surface area contributed by atoms with Gasteiger partial charge in [-0.25, -0.2) is 0 Å². The summed E-state index contributed by atoms with van der Waals surface area (Å²) in [6, 6.07) is 14.8. The Balaban J connectivity index is 1.77. The summed E-state index contributed by atoms with van der Waals surface area (Å²) in [5, 5.41) is 5.70. The normalized spacial score (nSPS) is 10.3. The average molecular weight is 359 g/mol. The molecule has 0 fully saturated rings. The van der Waals surface area contributed by atoms with Gasteiger partial charge in [-0.05, 0) is 61.7 Å². The number of benzene rings is 2. The van der Waals surface area contributed by atoms with Gasteiger partial charge in [0.1, 0.15) is 0 Å². The highest BCUT2D eigenvalue weighted by Crippen LogP contribution is 2.19. The Hall–Kier alpha value is -3.47. The minimum absolute atomic E-state index is 0.304. The second-order valence-electron chi connectivity index (χ2n) is 6.49. The SMILES string of the molecule is Cc1cccc(NC(=O)c2cncc(C(=O)Nc3cccc(C)c3C)c2)c1. The first-order valence-electron chi connectivity index (χ1n) is 8.64. The van der Waals surface area contributed by atoms with E-state index in [1.807, 2.05) is 63.2 Å². The zero-order valence-electron chi connectivity index (χ0n) is 15.5. The lowest BCUT2D eigenvalue weighted by atomic mass is 10.1. The van der Waals surface area contributed by atoms with Crippen molar-refractivity contribution in [1.82, 2.24) is 4.98 Å². The van der Waals surface area contributed by atoms with Crippen molar-refractivity contribution in [2.24, 2.45) is 0 Å². The lowest BCUT2D eigenvalue weighted by Gasteiger charge is -2.11. The first-order valence-corrected chi connectivity index (χ1v) is 8.64. The molecule has 0 saturated heterocycles. The molecule has 136 valence electrons. The van der Waals surface area contributed by atoms with Crippen LogP contribution in [0.15, 0.2) is 60.9 Å². The van der Waals surface area contributed by atoms with E-state index in [1.54, 1.807) is 6.07 Å². The third-order valence-electron chi connectivity index (χ3n) is 4.39. The molecule has 3 aromatic rings. The number of amides is 2. The molecule has 5 heteroatoms. The number of aromatic nitrogens is 1. The molecule has 1 aromatic heterocycles. The van der Waals surface area contributed by atoms with E-state index in [0.29, 0.717) is 16.8 Å². The Bertz CT molecular complexity index is 1010. The second kappa shape index (κ2) is 7.83. The Kier molecular flexibility index (Phi) is 5.31. The highest BCUT2D eigenvalue weighted by Gasteiger charge is 2.13. The van der Waals surface area contributed by atoms with E-state index in [4.69, 9.17) is 0 Å². The Morgan fingerprint density at radius 3 is 2.19 bits per heavy atom. The van der Waals surface area contributed by atoms with Crippen LogP contribution in [0.25, 0.3) is 0 Å². The summed E-state index contributed by atoms with van der Waals surface area (Å²) in [4.78, 5) is 29.1. The van der Waals surface area contributed by atoms with E-state index in [9.17, 15) is 9.59 Å². The van der Waals surface area contributed by atoms with Crippen molar-refractivity contribution in [3.63, 3.8) is 0 Å². The number of nitrogens with one attached hydrogen (secondary N) is 2. The average Bonchev–Trinajstić information content (AvgIpc) is 2.65. The Morgan fingerprint density at radius 1 is 0.815 bits per heavy atom. The summed E-state index contributed by atoms with van der Waals surface area (Å²) in [5.74, 6) is -0.615. The van der Waals surface area contributed by atoms with Crippen molar-refractivity contribution in [2.75, 3.05) is 10.6 Å². The quantitative estimate of drug-likeness (QED) is 0.720. The van der Waals surface area contributed by atoms with Crippen LogP contribution in [0, 0.1) is 20.8 Å². The van der Waals surface area contributed by atoms with Crippen LogP contribution in [-0.4, -0.2) is 16.8 Å². The number of carbonyl (C=O) groups is 2. The van der Waals surface area contributed by atoms with Gasteiger partial charge in [0.05, 0.1) is 11.1 Å². The summed E-state index contributed by atoms with van der Waals surface area (Å²) in [6.45, 7) is 5.90. The summed E-state index contributed by atoms with van der Waals surface area (Å²) < 4.78 is 0. The number of hydrogen-bond acceptors (Lipinski definition) is 3. The van der Waals surface area contributed by atoms with E-state index >= 15 is 0 Å². The molecule has 1 heterocycles. The molecule has 2 amide bonds. The standard InChI is InChI=1S/C22H21N3O2/c1-14-6-4-8-19(10-14)24-21(26)17-11-18(13-23-12-17)22(27)25-20-9-5-7-15(2)16(20)3/h4-13H,1-3H3,(H,24,26)(H,25,27). The third kappa shape index (κ3) is 4.39. The molecule has 0 spiro atoms. The molecule has 5 nitrogen and oxygen atoms in total. The van der Waals surface area contributed by atoms with Gasteiger partial charge >= 0.3 is 0 Å². The molecule has 0 radical (unpaired) electrons. The molecule has 0 aliphatic heterocycles. The molecular formula is C22H21N3O2. The summed E-state index contributed by atoms with van der Waals surface area (Å²) >= 11 is 0. The maximum atomic E-state index is 12.6. The molecule has 27 heavy (non-hydrogen) atoms. The van der Waals surface area contributed by atoms with Gasteiger partial charge in [-0.15, -0.1) is 0 Å². The summed E-state index contributed by atoms with van der Waals surface area (Å²) in [6.07, 6.45) is 2.89. The van der Waals surface area contributed by atoms with Gasteiger partial charge in [0.15, 0.2) is 0 Å². The van der Waals surface area contributed by atoms with Crippen LogP contribution >= 0.6 is 0 Å². The lowest BCUT2D eigenvalue weighted by Crippen LogP contribution is -2.16. The first-order chi connectivity index (χ1) is 12.9. The molecule has 0 unspecified atom stereocenters. The van der Waals surface area contributed by atoms with Gasteiger partial charge in [-0.1, -0.05) is 24.3 Å². The van der Waals surface area contributed by atoms with Crippen molar-refractivity contribution in [1.29, 1.82) is 0 Å². The van der Waals surface area contributed by atoms with E-state index < -0.39 is 0 Å². The van der Waals surface area contributed by atoms with Crippen LogP contribution in [0.4, 0.5) is 11.4 Å². The predicted molar refractivity (Wildman–Crippen MR) is 107 cm³/mol. The largest absolute Gasteiger partial charge is 0.322 e. The fourth-order valence-electron chi connectivity index (χ4n) is 2.70. The van der Waals surface area contributed by atoms with Gasteiger partial charge in [-0.2, -0.15) is 0 Å². The smallest absolute Gasteiger partial charge is 0.257 e. The minimum Gasteiger partial charge on any atom is -0.322 e. The van der Waals surface area contributed by atoms with Gasteiger partial charge in [-0.3, -0.25) is 14.6 Å². The molecular weight excluding hydrogens is 338 g/mol. The molecule has 0 bridgehead atoms. The van der Waals surface area contributed by atoms with Crippen LogP contribution in [0.1, 0.15) is 37.4 Å². The fraction of sp³-hybridized carbons (Fsp3) is 0.136. The van der Waals surface area contributed by atoms with Crippen molar-refractivity contribution < 1.29 is 9.59 Å². The Morgan fingerprint density at radius 2 is 1.48 bits per heavy atom. The van der Waals surface area contributed by atoms with Crippen molar-refractivity contribution in [3.8, 4) is 0 Å². The number of aryl methyl sites for hydroxylation is 2. The first kappa shape index (κ1) is 18.3. The fourth-order valence-corrected chi connectivity index (χ4v) is 2.70. The van der Waals surface area contributed by atoms with Gasteiger partial charge in [0.2, 0.25) is 0 Å². The third-order valence-corrected chi connectivity index (χ3v) is 4.39. The highest BCUT2D eigenvalue weighted by molar-refractivity contribution is 6.08. The van der Waals surface area contributed by atoms with E-state index in [0.717, 1.165) is 22.4 Å². The van der Waals surface area contributed by atoms with Crippen LogP contribution < -0.4 is 10.6 Å². The Labute approximate surface area is 158 Å². The lowest BCUT2D eigenvalue weighted by molar-refractivity contribution is 0.102. The summed E-state index contributed by atoms with van der Waals surface area (Å²) in [7, 11) is 0. The molecule has 0 saturated carbocycles. The molecule has 0 atom stereocenters. The molecule has 2 N–H and O–H groups in total. The van der Waals surface area contributed by atoms with Crippen LogP contribution in [-0.2, 0) is 0 Å². The number of anilines is 2. The second-order valence-corrected chi connectivity index (χ2v) is 6.49. The number of nitrogens with zero attached hydrogens (tertiary/aromatic N) is 1.